The highest BCUT2D eigenvalue weighted by Crippen LogP contribution is 2.10. The van der Waals surface area contributed by atoms with Crippen molar-refractivity contribution in [2.45, 2.75) is 6.92 Å². The van der Waals surface area contributed by atoms with Crippen molar-refractivity contribution in [1.82, 2.24) is 10.2 Å². The minimum absolute atomic E-state index is 0.125. The first kappa shape index (κ1) is 17.2. The third kappa shape index (κ3) is 5.55. The summed E-state index contributed by atoms with van der Waals surface area (Å²) in [5, 5.41) is 2.53. The van der Waals surface area contributed by atoms with E-state index in [9.17, 15) is 14.4 Å². The normalized spacial score (nSPS) is 9.86. The number of nitrogens with one attached hydrogen (secondary N) is 1. The van der Waals surface area contributed by atoms with Crippen LogP contribution in [0, 0.1) is 0 Å². The molecule has 0 saturated heterocycles. The molecule has 0 saturated carbocycles. The smallest absolute Gasteiger partial charge is 0.325 e. The first-order chi connectivity index (χ1) is 9.97. The van der Waals surface area contributed by atoms with Crippen LogP contribution in [0.5, 0.6) is 0 Å². The number of halogens is 1. The number of carbonyl (C=O) groups excluding carboxylic acids is 3. The van der Waals surface area contributed by atoms with E-state index in [1.54, 1.807) is 31.2 Å². The Labute approximate surface area is 131 Å². The Morgan fingerprint density at radius 2 is 1.86 bits per heavy atom. The fourth-order valence-corrected chi connectivity index (χ4v) is 1.83. The predicted octanol–water partition coefficient (Wildman–Crippen LogP) is 1.20. The molecule has 0 unspecified atom stereocenters. The van der Waals surface area contributed by atoms with Crippen molar-refractivity contribution in [1.29, 1.82) is 0 Å². The minimum atomic E-state index is -0.496. The van der Waals surface area contributed by atoms with Gasteiger partial charge in [-0.3, -0.25) is 14.4 Å². The third-order valence-electron chi connectivity index (χ3n) is 2.79. The van der Waals surface area contributed by atoms with E-state index in [1.165, 1.54) is 12.0 Å². The van der Waals surface area contributed by atoms with Gasteiger partial charge in [0, 0.05) is 16.6 Å². The number of esters is 1. The molecule has 114 valence electrons. The summed E-state index contributed by atoms with van der Waals surface area (Å²) in [6, 6.07) is 6.78. The fraction of sp³-hybridized carbons (Fsp3) is 0.357. The lowest BCUT2D eigenvalue weighted by atomic mass is 10.2. The van der Waals surface area contributed by atoms with Gasteiger partial charge in [0.05, 0.1) is 13.7 Å². The number of likely N-dealkylation sites (N-methyl/N-ethyl adjacent to an activating group) is 1. The van der Waals surface area contributed by atoms with Gasteiger partial charge in [-0.15, -0.1) is 0 Å². The monoisotopic (exact) mass is 356 g/mol. The van der Waals surface area contributed by atoms with Gasteiger partial charge in [-0.2, -0.15) is 0 Å². The number of nitrogens with zero attached hydrogens (tertiary/aromatic N) is 1. The molecule has 6 nitrogen and oxygen atoms in total. The molecule has 0 aliphatic rings. The maximum absolute atomic E-state index is 11.9. The average Bonchev–Trinajstić information content (AvgIpc) is 2.50. The summed E-state index contributed by atoms with van der Waals surface area (Å²) >= 11 is 3.28. The quantitative estimate of drug-likeness (QED) is 0.777. The molecular formula is C14H17BrN2O4. The van der Waals surface area contributed by atoms with Crippen molar-refractivity contribution < 1.29 is 19.1 Å². The number of hydrogen-bond acceptors (Lipinski definition) is 4. The standard InChI is InChI=1S/C14H17BrN2O4/c1-3-17(9-13(19)21-2)12(18)8-16-14(20)10-4-6-11(15)7-5-10/h4-7H,3,8-9H2,1-2H3,(H,16,20). The first-order valence-corrected chi connectivity index (χ1v) is 7.15. The molecule has 0 bridgehead atoms. The van der Waals surface area contributed by atoms with Gasteiger partial charge in [0.25, 0.3) is 5.91 Å². The lowest BCUT2D eigenvalue weighted by Crippen LogP contribution is -2.42. The van der Waals surface area contributed by atoms with E-state index in [2.05, 4.69) is 26.0 Å². The predicted molar refractivity (Wildman–Crippen MR) is 80.7 cm³/mol. The molecule has 0 aliphatic heterocycles. The molecular weight excluding hydrogens is 340 g/mol. The number of amides is 2. The summed E-state index contributed by atoms with van der Waals surface area (Å²) in [6.07, 6.45) is 0. The maximum Gasteiger partial charge on any atom is 0.325 e. The van der Waals surface area contributed by atoms with Crippen LogP contribution in [0.15, 0.2) is 28.7 Å². The Hall–Kier alpha value is -1.89. The molecule has 0 fully saturated rings. The SMILES string of the molecule is CCN(CC(=O)OC)C(=O)CNC(=O)c1ccc(Br)cc1. The zero-order valence-corrected chi connectivity index (χ0v) is 13.5. The number of hydrogen-bond donors (Lipinski definition) is 1. The van der Waals surface area contributed by atoms with Crippen molar-refractivity contribution in [3.8, 4) is 0 Å². The number of methoxy groups -OCH3 is 1. The van der Waals surface area contributed by atoms with E-state index in [4.69, 9.17) is 0 Å². The Kier molecular flexibility index (Phi) is 6.87. The van der Waals surface area contributed by atoms with Crippen LogP contribution in [-0.4, -0.2) is 49.4 Å². The van der Waals surface area contributed by atoms with Crippen LogP contribution in [0.25, 0.3) is 0 Å². The maximum atomic E-state index is 11.9. The first-order valence-electron chi connectivity index (χ1n) is 6.36. The van der Waals surface area contributed by atoms with Crippen LogP contribution in [0.3, 0.4) is 0 Å². The molecule has 0 aromatic heterocycles. The fourth-order valence-electron chi connectivity index (χ4n) is 1.57. The molecule has 1 N–H and O–H groups in total. The molecule has 1 aromatic rings. The molecule has 0 atom stereocenters. The summed E-state index contributed by atoms with van der Waals surface area (Å²) < 4.78 is 5.38. The Balaban J connectivity index is 2.52. The van der Waals surface area contributed by atoms with Gasteiger partial charge in [0.15, 0.2) is 0 Å². The summed E-state index contributed by atoms with van der Waals surface area (Å²) in [4.78, 5) is 36.3. The van der Waals surface area contributed by atoms with Crippen molar-refractivity contribution in [3.63, 3.8) is 0 Å². The average molecular weight is 357 g/mol. The van der Waals surface area contributed by atoms with E-state index in [-0.39, 0.29) is 24.9 Å². The Morgan fingerprint density at radius 3 is 2.38 bits per heavy atom. The van der Waals surface area contributed by atoms with Crippen molar-refractivity contribution in [3.05, 3.63) is 34.3 Å². The molecule has 0 aliphatic carbocycles. The van der Waals surface area contributed by atoms with Gasteiger partial charge < -0.3 is 15.0 Å². The van der Waals surface area contributed by atoms with E-state index in [0.717, 1.165) is 4.47 Å². The van der Waals surface area contributed by atoms with Gasteiger partial charge in [-0.25, -0.2) is 0 Å². The van der Waals surface area contributed by atoms with Gasteiger partial charge in [0.1, 0.15) is 6.54 Å². The van der Waals surface area contributed by atoms with E-state index in [0.29, 0.717) is 12.1 Å². The highest BCUT2D eigenvalue weighted by Gasteiger charge is 2.16. The van der Waals surface area contributed by atoms with Crippen LogP contribution >= 0.6 is 15.9 Å². The van der Waals surface area contributed by atoms with Crippen molar-refractivity contribution in [2.75, 3.05) is 26.7 Å². The second-order valence-corrected chi connectivity index (χ2v) is 5.09. The lowest BCUT2D eigenvalue weighted by molar-refractivity contribution is -0.146. The van der Waals surface area contributed by atoms with Crippen LogP contribution < -0.4 is 5.32 Å². The van der Waals surface area contributed by atoms with Crippen LogP contribution in [0.2, 0.25) is 0 Å². The van der Waals surface area contributed by atoms with E-state index >= 15 is 0 Å². The highest BCUT2D eigenvalue weighted by atomic mass is 79.9. The van der Waals surface area contributed by atoms with E-state index < -0.39 is 5.97 Å². The second-order valence-electron chi connectivity index (χ2n) is 4.17. The molecule has 1 aromatic carbocycles. The second kappa shape index (κ2) is 8.41. The number of rotatable bonds is 6. The molecule has 1 rings (SSSR count). The highest BCUT2D eigenvalue weighted by molar-refractivity contribution is 9.10. The van der Waals surface area contributed by atoms with Gasteiger partial charge in [0.2, 0.25) is 5.91 Å². The molecule has 21 heavy (non-hydrogen) atoms. The topological polar surface area (TPSA) is 75.7 Å². The molecule has 0 spiro atoms. The molecule has 2 amide bonds. The van der Waals surface area contributed by atoms with Crippen molar-refractivity contribution in [2.24, 2.45) is 0 Å². The largest absolute Gasteiger partial charge is 0.468 e. The number of ether oxygens (including phenoxy) is 1. The third-order valence-corrected chi connectivity index (χ3v) is 3.32. The van der Waals surface area contributed by atoms with Crippen LogP contribution in [0.4, 0.5) is 0 Å². The van der Waals surface area contributed by atoms with Crippen LogP contribution in [0.1, 0.15) is 17.3 Å². The molecule has 7 heteroatoms. The zero-order chi connectivity index (χ0) is 15.8. The summed E-state index contributed by atoms with van der Waals surface area (Å²) in [5.74, 6) is -1.18. The summed E-state index contributed by atoms with van der Waals surface area (Å²) in [6.45, 7) is 1.82. The lowest BCUT2D eigenvalue weighted by Gasteiger charge is -2.19. The van der Waals surface area contributed by atoms with Gasteiger partial charge in [-0.1, -0.05) is 15.9 Å². The molecule has 0 radical (unpaired) electrons. The zero-order valence-electron chi connectivity index (χ0n) is 11.9. The van der Waals surface area contributed by atoms with E-state index in [1.807, 2.05) is 0 Å². The molecule has 0 heterocycles. The van der Waals surface area contributed by atoms with Crippen LogP contribution in [-0.2, 0) is 14.3 Å². The van der Waals surface area contributed by atoms with Gasteiger partial charge in [-0.05, 0) is 31.2 Å². The number of benzene rings is 1. The Bertz CT molecular complexity index is 516. The minimum Gasteiger partial charge on any atom is -0.468 e. The summed E-state index contributed by atoms with van der Waals surface area (Å²) in [5.41, 5.74) is 0.460. The summed E-state index contributed by atoms with van der Waals surface area (Å²) in [7, 11) is 1.26. The number of carbonyl (C=O) groups is 3. The Morgan fingerprint density at radius 1 is 1.24 bits per heavy atom. The van der Waals surface area contributed by atoms with Gasteiger partial charge >= 0.3 is 5.97 Å². The van der Waals surface area contributed by atoms with Crippen molar-refractivity contribution >= 4 is 33.7 Å².